The third-order valence-electron chi connectivity index (χ3n) is 4.45. The van der Waals surface area contributed by atoms with Crippen molar-refractivity contribution >= 4 is 33.0 Å². The van der Waals surface area contributed by atoms with Crippen molar-refractivity contribution in [3.8, 4) is 0 Å². The van der Waals surface area contributed by atoms with Crippen LogP contribution in [0.3, 0.4) is 0 Å². The highest BCUT2D eigenvalue weighted by atomic mass is 32.2. The van der Waals surface area contributed by atoms with Crippen LogP contribution in [0.2, 0.25) is 0 Å². The van der Waals surface area contributed by atoms with E-state index in [-0.39, 0.29) is 11.4 Å². The van der Waals surface area contributed by atoms with E-state index in [0.29, 0.717) is 11.3 Å². The first kappa shape index (κ1) is 21.4. The van der Waals surface area contributed by atoms with Crippen molar-refractivity contribution in [1.29, 1.82) is 0 Å². The molecule has 0 spiro atoms. The van der Waals surface area contributed by atoms with E-state index in [1.165, 1.54) is 32.0 Å². The number of rotatable bonds is 7. The molecule has 2 aromatic rings. The predicted octanol–water partition coefficient (Wildman–Crippen LogP) is 3.26. The largest absolute Gasteiger partial charge is 0.324 e. The van der Waals surface area contributed by atoms with Crippen molar-refractivity contribution in [2.45, 2.75) is 33.2 Å². The lowest BCUT2D eigenvalue weighted by molar-refractivity contribution is -0.385. The number of aryl methyl sites for hydroxylation is 1. The molecule has 2 rings (SSSR count). The Kier molecular flexibility index (Phi) is 6.40. The fourth-order valence-electron chi connectivity index (χ4n) is 2.88. The Bertz CT molecular complexity index is 987. The van der Waals surface area contributed by atoms with Gasteiger partial charge in [0.1, 0.15) is 6.04 Å². The lowest BCUT2D eigenvalue weighted by Crippen LogP contribution is -2.45. The van der Waals surface area contributed by atoms with Crippen molar-refractivity contribution in [3.05, 3.63) is 63.7 Å². The van der Waals surface area contributed by atoms with Gasteiger partial charge in [-0.3, -0.25) is 19.2 Å². The number of hydrogen-bond donors (Lipinski definition) is 1. The summed E-state index contributed by atoms with van der Waals surface area (Å²) in [5, 5.41) is 13.7. The molecule has 0 aromatic heterocycles. The zero-order valence-corrected chi connectivity index (χ0v) is 17.0. The van der Waals surface area contributed by atoms with E-state index in [1.807, 2.05) is 19.1 Å². The Hall–Kier alpha value is -2.94. The van der Waals surface area contributed by atoms with Gasteiger partial charge in [-0.05, 0) is 44.0 Å². The molecule has 0 aliphatic rings. The Morgan fingerprint density at radius 1 is 1.21 bits per heavy atom. The molecule has 1 N–H and O–H groups in total. The second-order valence-corrected chi connectivity index (χ2v) is 8.31. The van der Waals surface area contributed by atoms with E-state index >= 15 is 0 Å². The average Bonchev–Trinajstić information content (AvgIpc) is 2.62. The molecule has 1 unspecified atom stereocenters. The number of carbonyl (C=O) groups is 1. The molecule has 8 nitrogen and oxygen atoms in total. The fourth-order valence-corrected chi connectivity index (χ4v) is 4.06. The van der Waals surface area contributed by atoms with E-state index < -0.39 is 26.9 Å². The molecule has 1 atom stereocenters. The molecule has 9 heteroatoms. The maximum absolute atomic E-state index is 12.7. The Morgan fingerprint density at radius 3 is 2.32 bits per heavy atom. The summed E-state index contributed by atoms with van der Waals surface area (Å²) in [5.74, 6) is -0.589. The zero-order chi connectivity index (χ0) is 21.1. The number of nitro groups is 1. The van der Waals surface area contributed by atoms with Crippen LogP contribution in [0.25, 0.3) is 0 Å². The van der Waals surface area contributed by atoms with Crippen molar-refractivity contribution in [1.82, 2.24) is 0 Å². The number of amides is 1. The first-order chi connectivity index (χ1) is 13.1. The van der Waals surface area contributed by atoms with Gasteiger partial charge >= 0.3 is 0 Å². The van der Waals surface area contributed by atoms with Crippen LogP contribution in [0.1, 0.15) is 25.0 Å². The quantitative estimate of drug-likeness (QED) is 0.562. The monoisotopic (exact) mass is 405 g/mol. The van der Waals surface area contributed by atoms with Gasteiger partial charge in [0.15, 0.2) is 0 Å². The van der Waals surface area contributed by atoms with Crippen LogP contribution in [-0.4, -0.2) is 31.5 Å². The molecule has 0 heterocycles. The molecule has 150 valence electrons. The summed E-state index contributed by atoms with van der Waals surface area (Å²) in [6.45, 7) is 4.98. The molecule has 1 amide bonds. The molecule has 0 aliphatic heterocycles. The van der Waals surface area contributed by atoms with Crippen LogP contribution >= 0.6 is 0 Å². The van der Waals surface area contributed by atoms with Gasteiger partial charge in [-0.25, -0.2) is 8.42 Å². The molecule has 0 fully saturated rings. The molecule has 0 aliphatic carbocycles. The van der Waals surface area contributed by atoms with Crippen LogP contribution in [0.4, 0.5) is 17.1 Å². The van der Waals surface area contributed by atoms with Gasteiger partial charge in [-0.1, -0.05) is 25.1 Å². The number of anilines is 2. The number of sulfonamides is 1. The van der Waals surface area contributed by atoms with Crippen LogP contribution < -0.4 is 9.62 Å². The van der Waals surface area contributed by atoms with Gasteiger partial charge in [0.05, 0.1) is 28.1 Å². The Labute approximate surface area is 164 Å². The first-order valence-electron chi connectivity index (χ1n) is 8.69. The second-order valence-electron chi connectivity index (χ2n) is 6.45. The highest BCUT2D eigenvalue weighted by molar-refractivity contribution is 7.92. The summed E-state index contributed by atoms with van der Waals surface area (Å²) in [4.78, 5) is 23.3. The SMILES string of the molecule is CCc1ccc(N(C(C)C(=O)Nc2cccc([N+](=O)[O-])c2C)S(C)(=O)=O)cc1. The molecule has 28 heavy (non-hydrogen) atoms. The second kappa shape index (κ2) is 8.39. The maximum atomic E-state index is 12.7. The number of benzene rings is 2. The average molecular weight is 405 g/mol. The minimum absolute atomic E-state index is 0.124. The van der Waals surface area contributed by atoms with Crippen molar-refractivity contribution < 1.29 is 18.1 Å². The summed E-state index contributed by atoms with van der Waals surface area (Å²) < 4.78 is 25.7. The maximum Gasteiger partial charge on any atom is 0.274 e. The minimum Gasteiger partial charge on any atom is -0.324 e. The molecule has 0 saturated heterocycles. The van der Waals surface area contributed by atoms with Crippen LogP contribution in [0.15, 0.2) is 42.5 Å². The molecule has 0 saturated carbocycles. The first-order valence-corrected chi connectivity index (χ1v) is 10.5. The van der Waals surface area contributed by atoms with Crippen LogP contribution in [-0.2, 0) is 21.2 Å². The summed E-state index contributed by atoms with van der Waals surface area (Å²) in [5.41, 5.74) is 1.85. The normalized spacial score (nSPS) is 12.3. The predicted molar refractivity (Wildman–Crippen MR) is 109 cm³/mol. The van der Waals surface area contributed by atoms with E-state index in [1.54, 1.807) is 12.1 Å². The summed E-state index contributed by atoms with van der Waals surface area (Å²) in [6, 6.07) is 10.2. The molecular formula is C19H23N3O5S. The van der Waals surface area contributed by atoms with Gasteiger partial charge in [0.2, 0.25) is 15.9 Å². The van der Waals surface area contributed by atoms with Crippen LogP contribution in [0.5, 0.6) is 0 Å². The number of carbonyl (C=O) groups excluding carboxylic acids is 1. The smallest absolute Gasteiger partial charge is 0.274 e. The zero-order valence-electron chi connectivity index (χ0n) is 16.2. The van der Waals surface area contributed by atoms with E-state index in [4.69, 9.17) is 0 Å². The minimum atomic E-state index is -3.74. The van der Waals surface area contributed by atoms with Gasteiger partial charge in [-0.2, -0.15) is 0 Å². The van der Waals surface area contributed by atoms with Gasteiger partial charge in [-0.15, -0.1) is 0 Å². The number of nitrogens with one attached hydrogen (secondary N) is 1. The van der Waals surface area contributed by atoms with Crippen molar-refractivity contribution in [2.75, 3.05) is 15.9 Å². The number of nitrogens with zero attached hydrogens (tertiary/aromatic N) is 2. The third-order valence-corrected chi connectivity index (χ3v) is 5.69. The molecule has 0 bridgehead atoms. The highest BCUT2D eigenvalue weighted by Crippen LogP contribution is 2.26. The Balaban J connectivity index is 2.34. The molecular weight excluding hydrogens is 382 g/mol. The van der Waals surface area contributed by atoms with Crippen molar-refractivity contribution in [2.24, 2.45) is 0 Å². The third kappa shape index (κ3) is 4.66. The summed E-state index contributed by atoms with van der Waals surface area (Å²) in [6.07, 6.45) is 1.84. The standard InChI is InChI=1S/C19H23N3O5S/c1-5-15-9-11-16(12-10-15)21(28(4,26)27)14(3)19(23)20-17-7-6-8-18(13(17)2)22(24)25/h6-12,14H,5H2,1-4H3,(H,20,23). The van der Waals surface area contributed by atoms with Gasteiger partial charge < -0.3 is 5.32 Å². The van der Waals surface area contributed by atoms with Gasteiger partial charge in [0, 0.05) is 6.07 Å². The lowest BCUT2D eigenvalue weighted by Gasteiger charge is -2.28. The van der Waals surface area contributed by atoms with Crippen LogP contribution in [0, 0.1) is 17.0 Å². The fraction of sp³-hybridized carbons (Fsp3) is 0.316. The van der Waals surface area contributed by atoms with E-state index in [2.05, 4.69) is 5.32 Å². The topological polar surface area (TPSA) is 110 Å². The number of nitro benzene ring substituents is 1. The molecule has 2 aromatic carbocycles. The van der Waals surface area contributed by atoms with Gasteiger partial charge in [0.25, 0.3) is 5.69 Å². The highest BCUT2D eigenvalue weighted by Gasteiger charge is 2.29. The van der Waals surface area contributed by atoms with E-state index in [0.717, 1.165) is 22.5 Å². The van der Waals surface area contributed by atoms with Crippen molar-refractivity contribution in [3.63, 3.8) is 0 Å². The van der Waals surface area contributed by atoms with E-state index in [9.17, 15) is 23.3 Å². The summed E-state index contributed by atoms with van der Waals surface area (Å²) in [7, 11) is -3.74. The number of hydrogen-bond acceptors (Lipinski definition) is 5. The summed E-state index contributed by atoms with van der Waals surface area (Å²) >= 11 is 0. The Morgan fingerprint density at radius 2 is 1.82 bits per heavy atom. The lowest BCUT2D eigenvalue weighted by atomic mass is 10.1. The molecule has 0 radical (unpaired) electrons.